The Kier molecular flexibility index (Phi) is 5.06. The maximum atomic E-state index is 11.9. The Hall–Kier alpha value is -1.25. The molecule has 1 aliphatic rings. The summed E-state index contributed by atoms with van der Waals surface area (Å²) in [7, 11) is 1.94. The lowest BCUT2D eigenvalue weighted by Gasteiger charge is -2.30. The normalized spacial score (nSPS) is 17.4. The zero-order valence-corrected chi connectivity index (χ0v) is 11.9. The molecule has 0 saturated carbocycles. The summed E-state index contributed by atoms with van der Waals surface area (Å²) < 4.78 is 0.330. The third kappa shape index (κ3) is 4.41. The number of carbonyl (C=O) groups is 1. The first kappa shape index (κ1) is 14.2. The Morgan fingerprint density at radius 2 is 2.05 bits per heavy atom. The molecule has 0 aliphatic carbocycles. The van der Waals surface area contributed by atoms with Gasteiger partial charge in [-0.15, -0.1) is 0 Å². The Morgan fingerprint density at radius 3 is 2.63 bits per heavy atom. The second-order valence-corrected chi connectivity index (χ2v) is 5.13. The molecule has 1 aromatic rings. The van der Waals surface area contributed by atoms with Gasteiger partial charge in [-0.1, -0.05) is 12.8 Å². The van der Waals surface area contributed by atoms with E-state index >= 15 is 0 Å². The fraction of sp³-hybridized carbons (Fsp3) is 0.727. The second-order valence-electron chi connectivity index (χ2n) is 4.75. The first-order valence-electron chi connectivity index (χ1n) is 6.55. The molecule has 0 unspecified atom stereocenters. The minimum atomic E-state index is -0.107. The van der Waals surface area contributed by atoms with Crippen molar-refractivity contribution in [2.45, 2.75) is 25.7 Å². The smallest absolute Gasteiger partial charge is 0.242 e. The van der Waals surface area contributed by atoms with Crippen LogP contribution >= 0.6 is 12.2 Å². The number of rotatable bonds is 4. The largest absolute Gasteiger partial charge is 0.294 e. The van der Waals surface area contributed by atoms with Gasteiger partial charge in [0.25, 0.3) is 0 Å². The summed E-state index contributed by atoms with van der Waals surface area (Å²) >= 11 is 4.82. The van der Waals surface area contributed by atoms with Crippen LogP contribution in [-0.2, 0) is 4.79 Å². The number of aromatic amines is 2. The summed E-state index contributed by atoms with van der Waals surface area (Å²) in [6.45, 7) is 2.36. The molecule has 0 bridgehead atoms. The lowest BCUT2D eigenvalue weighted by Crippen LogP contribution is -2.44. The molecule has 0 spiro atoms. The highest BCUT2D eigenvalue weighted by Crippen LogP contribution is 2.10. The average molecular weight is 284 g/mol. The van der Waals surface area contributed by atoms with Gasteiger partial charge < -0.3 is 0 Å². The quantitative estimate of drug-likeness (QED) is 0.722. The van der Waals surface area contributed by atoms with E-state index in [0.29, 0.717) is 17.3 Å². The van der Waals surface area contributed by atoms with Crippen molar-refractivity contribution < 1.29 is 4.79 Å². The molecule has 19 heavy (non-hydrogen) atoms. The van der Waals surface area contributed by atoms with Crippen LogP contribution in [-0.4, -0.2) is 57.8 Å². The van der Waals surface area contributed by atoms with Crippen molar-refractivity contribution in [1.82, 2.24) is 25.2 Å². The van der Waals surface area contributed by atoms with E-state index in [1.807, 2.05) is 12.1 Å². The number of hydrogen-bond acceptors (Lipinski definition) is 5. The molecule has 3 N–H and O–H groups in total. The summed E-state index contributed by atoms with van der Waals surface area (Å²) in [6.07, 6.45) is 4.94. The minimum Gasteiger partial charge on any atom is -0.294 e. The van der Waals surface area contributed by atoms with Crippen molar-refractivity contribution in [2.75, 3.05) is 32.0 Å². The molecule has 8 heteroatoms. The number of amides is 1. The molecule has 1 amide bonds. The van der Waals surface area contributed by atoms with Crippen LogP contribution < -0.4 is 5.32 Å². The summed E-state index contributed by atoms with van der Waals surface area (Å²) in [5, 5.41) is 12.2. The lowest BCUT2D eigenvalue weighted by molar-refractivity contribution is -0.121. The van der Waals surface area contributed by atoms with E-state index in [0.717, 1.165) is 13.1 Å². The molecule has 1 aromatic heterocycles. The number of anilines is 1. The molecule has 2 rings (SSSR count). The van der Waals surface area contributed by atoms with Gasteiger partial charge in [-0.25, -0.2) is 10.0 Å². The van der Waals surface area contributed by atoms with Crippen LogP contribution in [0.3, 0.4) is 0 Å². The first-order chi connectivity index (χ1) is 9.15. The molecule has 7 nitrogen and oxygen atoms in total. The van der Waals surface area contributed by atoms with Gasteiger partial charge >= 0.3 is 0 Å². The van der Waals surface area contributed by atoms with Crippen LogP contribution in [0.1, 0.15) is 25.7 Å². The molecule has 2 heterocycles. The van der Waals surface area contributed by atoms with Crippen LogP contribution in [0.5, 0.6) is 0 Å². The molecule has 1 fully saturated rings. The number of likely N-dealkylation sites (N-methyl/N-ethyl adjacent to an activating group) is 1. The zero-order valence-electron chi connectivity index (χ0n) is 11.1. The second kappa shape index (κ2) is 6.78. The maximum Gasteiger partial charge on any atom is 0.242 e. The SMILES string of the molecule is CN(CC(=O)Nc1nc(=S)[nH][nH]1)N1CCCCCC1. The average Bonchev–Trinajstić information content (AvgIpc) is 2.64. The Balaban J connectivity index is 1.82. The Morgan fingerprint density at radius 1 is 1.37 bits per heavy atom. The fourth-order valence-corrected chi connectivity index (χ4v) is 2.35. The summed E-state index contributed by atoms with van der Waals surface area (Å²) in [6, 6.07) is 0. The number of carbonyl (C=O) groups excluding carboxylic acids is 1. The van der Waals surface area contributed by atoms with Gasteiger partial charge in [0, 0.05) is 20.1 Å². The molecular weight excluding hydrogens is 264 g/mol. The topological polar surface area (TPSA) is 80.0 Å². The van der Waals surface area contributed by atoms with Crippen LogP contribution in [0.15, 0.2) is 0 Å². The van der Waals surface area contributed by atoms with Crippen molar-refractivity contribution >= 4 is 24.1 Å². The third-order valence-corrected chi connectivity index (χ3v) is 3.39. The van der Waals surface area contributed by atoms with E-state index < -0.39 is 0 Å². The Labute approximate surface area is 117 Å². The van der Waals surface area contributed by atoms with Crippen molar-refractivity contribution in [3.8, 4) is 0 Å². The van der Waals surface area contributed by atoms with E-state index in [1.54, 1.807) is 0 Å². The zero-order chi connectivity index (χ0) is 13.7. The van der Waals surface area contributed by atoms with Crippen molar-refractivity contribution in [2.24, 2.45) is 0 Å². The van der Waals surface area contributed by atoms with Gasteiger partial charge in [0.15, 0.2) is 0 Å². The molecule has 0 atom stereocenters. The molecule has 0 aromatic carbocycles. The first-order valence-corrected chi connectivity index (χ1v) is 6.96. The van der Waals surface area contributed by atoms with Crippen LogP contribution in [0.4, 0.5) is 5.95 Å². The van der Waals surface area contributed by atoms with Gasteiger partial charge in [-0.3, -0.25) is 20.3 Å². The highest BCUT2D eigenvalue weighted by Gasteiger charge is 2.16. The number of H-pyrrole nitrogens is 2. The monoisotopic (exact) mass is 284 g/mol. The van der Waals surface area contributed by atoms with Crippen LogP contribution in [0.25, 0.3) is 0 Å². The van der Waals surface area contributed by atoms with Gasteiger partial charge in [0.05, 0.1) is 6.54 Å². The number of nitrogens with one attached hydrogen (secondary N) is 3. The van der Waals surface area contributed by atoms with E-state index in [2.05, 4.69) is 25.5 Å². The fourth-order valence-electron chi connectivity index (χ4n) is 2.20. The van der Waals surface area contributed by atoms with Crippen LogP contribution in [0.2, 0.25) is 0 Å². The third-order valence-electron chi connectivity index (χ3n) is 3.20. The number of nitrogens with zero attached hydrogens (tertiary/aromatic N) is 3. The Bertz CT molecular complexity index is 462. The van der Waals surface area contributed by atoms with Crippen LogP contribution in [0, 0.1) is 4.77 Å². The number of aromatic nitrogens is 3. The van der Waals surface area contributed by atoms with E-state index in [1.165, 1.54) is 25.7 Å². The molecule has 106 valence electrons. The van der Waals surface area contributed by atoms with Crippen molar-refractivity contribution in [3.63, 3.8) is 0 Å². The maximum absolute atomic E-state index is 11.9. The van der Waals surface area contributed by atoms with Crippen molar-refractivity contribution in [3.05, 3.63) is 4.77 Å². The van der Waals surface area contributed by atoms with E-state index in [4.69, 9.17) is 12.2 Å². The minimum absolute atomic E-state index is 0.107. The molecule has 1 saturated heterocycles. The predicted molar refractivity (Wildman–Crippen MR) is 75.1 cm³/mol. The van der Waals surface area contributed by atoms with Gasteiger partial charge in [0.1, 0.15) is 0 Å². The standard InChI is InChI=1S/C11H20N6OS/c1-16(17-6-4-2-3-5-7-17)8-9(18)12-10-13-11(19)15-14-10/h2-8H2,1H3,(H3,12,13,14,15,18,19). The summed E-state index contributed by atoms with van der Waals surface area (Å²) in [5.41, 5.74) is 0. The molecule has 0 radical (unpaired) electrons. The van der Waals surface area contributed by atoms with E-state index in [-0.39, 0.29) is 5.91 Å². The summed E-state index contributed by atoms with van der Waals surface area (Å²) in [4.78, 5) is 15.8. The summed E-state index contributed by atoms with van der Waals surface area (Å²) in [5.74, 6) is 0.253. The highest BCUT2D eigenvalue weighted by molar-refractivity contribution is 7.71. The predicted octanol–water partition coefficient (Wildman–Crippen LogP) is 1.13. The number of hydrazine groups is 1. The van der Waals surface area contributed by atoms with Gasteiger partial charge in [0.2, 0.25) is 16.6 Å². The van der Waals surface area contributed by atoms with Gasteiger partial charge in [-0.05, 0) is 25.1 Å². The van der Waals surface area contributed by atoms with E-state index in [9.17, 15) is 4.79 Å². The van der Waals surface area contributed by atoms with Crippen molar-refractivity contribution in [1.29, 1.82) is 0 Å². The molecule has 1 aliphatic heterocycles. The van der Waals surface area contributed by atoms with Gasteiger partial charge in [-0.2, -0.15) is 4.98 Å². The highest BCUT2D eigenvalue weighted by atomic mass is 32.1. The lowest BCUT2D eigenvalue weighted by atomic mass is 10.2. The molecular formula is C11H20N6OS. The number of hydrogen-bond donors (Lipinski definition) is 3.